The molecule has 0 fully saturated rings. The van der Waals surface area contributed by atoms with Crippen LogP contribution in [0.25, 0.3) is 0 Å². The molecule has 2 aromatic heterocycles. The first-order chi connectivity index (χ1) is 8.97. The first-order valence-electron chi connectivity index (χ1n) is 5.87. The second-order valence-corrected chi connectivity index (χ2v) is 4.55. The van der Waals surface area contributed by atoms with Crippen molar-refractivity contribution in [2.75, 3.05) is 7.05 Å². The van der Waals surface area contributed by atoms with Crippen molar-refractivity contribution in [3.05, 3.63) is 52.2 Å². The Morgan fingerprint density at radius 2 is 2.16 bits per heavy atom. The summed E-state index contributed by atoms with van der Waals surface area (Å²) in [6, 6.07) is 2.99. The third-order valence-corrected chi connectivity index (χ3v) is 2.88. The van der Waals surface area contributed by atoms with Gasteiger partial charge in [0.1, 0.15) is 0 Å². The molecule has 0 aliphatic carbocycles. The van der Waals surface area contributed by atoms with Crippen molar-refractivity contribution in [1.29, 1.82) is 0 Å². The summed E-state index contributed by atoms with van der Waals surface area (Å²) in [6.07, 6.45) is 5.16. The van der Waals surface area contributed by atoms with Crippen LogP contribution in [0.3, 0.4) is 0 Å². The van der Waals surface area contributed by atoms with Crippen LogP contribution in [0.4, 0.5) is 0 Å². The molecule has 0 aliphatic heterocycles. The number of aryl methyl sites for hydroxylation is 2. The van der Waals surface area contributed by atoms with Crippen molar-refractivity contribution in [1.82, 2.24) is 19.2 Å². The zero-order valence-electron chi connectivity index (χ0n) is 11.2. The van der Waals surface area contributed by atoms with Crippen molar-refractivity contribution in [3.63, 3.8) is 0 Å². The number of pyridine rings is 1. The van der Waals surface area contributed by atoms with Gasteiger partial charge in [-0.05, 0) is 6.07 Å². The molecule has 0 atom stereocenters. The smallest absolute Gasteiger partial charge is 0.254 e. The summed E-state index contributed by atoms with van der Waals surface area (Å²) in [4.78, 5) is 25.2. The van der Waals surface area contributed by atoms with Crippen molar-refractivity contribution in [2.24, 2.45) is 14.1 Å². The van der Waals surface area contributed by atoms with E-state index < -0.39 is 0 Å². The van der Waals surface area contributed by atoms with Crippen molar-refractivity contribution < 1.29 is 4.79 Å². The molecular weight excluding hydrogens is 244 g/mol. The number of hydrogen-bond acceptors (Lipinski definition) is 3. The number of carbonyl (C=O) groups excluding carboxylic acids is 1. The molecular formula is C13H16N4O2. The van der Waals surface area contributed by atoms with E-state index in [1.807, 2.05) is 13.2 Å². The predicted molar refractivity (Wildman–Crippen MR) is 70.7 cm³/mol. The lowest BCUT2D eigenvalue weighted by Gasteiger charge is -2.16. The fraction of sp³-hybridized carbons (Fsp3) is 0.308. The summed E-state index contributed by atoms with van der Waals surface area (Å²) in [5.41, 5.74) is 1.15. The maximum atomic E-state index is 12.2. The van der Waals surface area contributed by atoms with Gasteiger partial charge in [0.05, 0.1) is 6.20 Å². The molecule has 0 saturated carbocycles. The second kappa shape index (κ2) is 5.09. The Morgan fingerprint density at radius 1 is 1.42 bits per heavy atom. The highest BCUT2D eigenvalue weighted by atomic mass is 16.2. The first-order valence-corrected chi connectivity index (χ1v) is 5.87. The lowest BCUT2D eigenvalue weighted by atomic mass is 10.2. The monoisotopic (exact) mass is 260 g/mol. The van der Waals surface area contributed by atoms with Crippen LogP contribution in [0.5, 0.6) is 0 Å². The van der Waals surface area contributed by atoms with E-state index >= 15 is 0 Å². The highest BCUT2D eigenvalue weighted by Gasteiger charge is 2.13. The lowest BCUT2D eigenvalue weighted by molar-refractivity contribution is 0.0784. The van der Waals surface area contributed by atoms with Gasteiger partial charge in [0.2, 0.25) is 0 Å². The minimum absolute atomic E-state index is 0.179. The Balaban J connectivity index is 2.14. The van der Waals surface area contributed by atoms with Crippen LogP contribution in [0.2, 0.25) is 0 Å². The molecule has 0 N–H and O–H groups in total. The van der Waals surface area contributed by atoms with Crippen molar-refractivity contribution in [2.45, 2.75) is 6.54 Å². The first kappa shape index (κ1) is 13.1. The number of rotatable bonds is 3. The van der Waals surface area contributed by atoms with Gasteiger partial charge in [0, 0.05) is 57.3 Å². The Bertz CT molecular complexity index is 657. The molecule has 0 spiro atoms. The molecule has 0 aliphatic rings. The molecule has 0 aromatic carbocycles. The van der Waals surface area contributed by atoms with Crippen LogP contribution < -0.4 is 5.56 Å². The van der Waals surface area contributed by atoms with Crippen LogP contribution in [0, 0.1) is 0 Å². The van der Waals surface area contributed by atoms with Gasteiger partial charge in [-0.3, -0.25) is 14.3 Å². The molecule has 0 radical (unpaired) electrons. The van der Waals surface area contributed by atoms with E-state index in [0.717, 1.165) is 5.56 Å². The molecule has 6 heteroatoms. The summed E-state index contributed by atoms with van der Waals surface area (Å²) in [7, 11) is 5.18. The van der Waals surface area contributed by atoms with Gasteiger partial charge in [-0.1, -0.05) is 0 Å². The fourth-order valence-electron chi connectivity index (χ4n) is 1.80. The summed E-state index contributed by atoms with van der Waals surface area (Å²) in [5, 5.41) is 4.05. The topological polar surface area (TPSA) is 60.1 Å². The van der Waals surface area contributed by atoms with E-state index in [-0.39, 0.29) is 11.5 Å². The molecule has 100 valence electrons. The third-order valence-electron chi connectivity index (χ3n) is 2.88. The molecule has 19 heavy (non-hydrogen) atoms. The minimum Gasteiger partial charge on any atom is -0.337 e. The van der Waals surface area contributed by atoms with E-state index in [4.69, 9.17) is 0 Å². The van der Waals surface area contributed by atoms with Gasteiger partial charge < -0.3 is 9.47 Å². The van der Waals surface area contributed by atoms with E-state index in [1.165, 1.54) is 10.6 Å². The summed E-state index contributed by atoms with van der Waals surface area (Å²) in [6.45, 7) is 0.460. The second-order valence-electron chi connectivity index (χ2n) is 4.55. The summed E-state index contributed by atoms with van der Waals surface area (Å²) >= 11 is 0. The molecule has 6 nitrogen and oxygen atoms in total. The Labute approximate surface area is 110 Å². The molecule has 2 rings (SSSR count). The van der Waals surface area contributed by atoms with Gasteiger partial charge in [0.25, 0.3) is 11.5 Å². The van der Waals surface area contributed by atoms with E-state index in [1.54, 1.807) is 42.1 Å². The van der Waals surface area contributed by atoms with Crippen LogP contribution in [-0.2, 0) is 20.6 Å². The number of aromatic nitrogens is 3. The number of carbonyl (C=O) groups is 1. The van der Waals surface area contributed by atoms with E-state index in [2.05, 4.69) is 5.10 Å². The fourth-order valence-corrected chi connectivity index (χ4v) is 1.80. The van der Waals surface area contributed by atoms with Crippen molar-refractivity contribution in [3.8, 4) is 0 Å². The number of hydrogen-bond donors (Lipinski definition) is 0. The third kappa shape index (κ3) is 2.90. The molecule has 1 amide bonds. The average Bonchev–Trinajstić information content (AvgIpc) is 2.77. The van der Waals surface area contributed by atoms with Gasteiger partial charge >= 0.3 is 0 Å². The molecule has 0 saturated heterocycles. The highest BCUT2D eigenvalue weighted by Crippen LogP contribution is 2.06. The Morgan fingerprint density at radius 3 is 2.74 bits per heavy atom. The van der Waals surface area contributed by atoms with Gasteiger partial charge in [-0.15, -0.1) is 0 Å². The van der Waals surface area contributed by atoms with Gasteiger partial charge in [-0.2, -0.15) is 5.10 Å². The zero-order chi connectivity index (χ0) is 14.0. The summed E-state index contributed by atoms with van der Waals surface area (Å²) < 4.78 is 3.11. The lowest BCUT2D eigenvalue weighted by Crippen LogP contribution is -2.28. The molecule has 0 unspecified atom stereocenters. The molecule has 2 aromatic rings. The zero-order valence-corrected chi connectivity index (χ0v) is 11.2. The van der Waals surface area contributed by atoms with Crippen molar-refractivity contribution >= 4 is 5.91 Å². The van der Waals surface area contributed by atoms with Gasteiger partial charge in [-0.25, -0.2) is 0 Å². The number of amides is 1. The average molecular weight is 260 g/mol. The van der Waals surface area contributed by atoms with Crippen LogP contribution >= 0.6 is 0 Å². The largest absolute Gasteiger partial charge is 0.337 e. The maximum absolute atomic E-state index is 12.2. The van der Waals surface area contributed by atoms with Gasteiger partial charge in [0.15, 0.2) is 0 Å². The number of nitrogens with zero attached hydrogens (tertiary/aromatic N) is 4. The van der Waals surface area contributed by atoms with Crippen LogP contribution in [-0.4, -0.2) is 32.2 Å². The Kier molecular flexibility index (Phi) is 3.50. The summed E-state index contributed by atoms with van der Waals surface area (Å²) in [5.74, 6) is -0.179. The van der Waals surface area contributed by atoms with Crippen LogP contribution in [0.1, 0.15) is 15.9 Å². The molecule has 0 bridgehead atoms. The minimum atomic E-state index is -0.194. The standard InChI is InChI=1S/C13H16N4O2/c1-15-5-4-11(6-12(15)18)13(19)16(2)8-10-7-14-17(3)9-10/h4-7,9H,8H2,1-3H3. The normalized spacial score (nSPS) is 10.5. The Hall–Kier alpha value is -2.37. The highest BCUT2D eigenvalue weighted by molar-refractivity contribution is 5.93. The maximum Gasteiger partial charge on any atom is 0.254 e. The van der Waals surface area contributed by atoms with Crippen LogP contribution in [0.15, 0.2) is 35.5 Å². The predicted octanol–water partition coefficient (Wildman–Crippen LogP) is 0.391. The SMILES string of the molecule is CN(Cc1cnn(C)c1)C(=O)c1ccn(C)c(=O)c1. The van der Waals surface area contributed by atoms with E-state index in [0.29, 0.717) is 12.1 Å². The molecule has 2 heterocycles. The van der Waals surface area contributed by atoms with E-state index in [9.17, 15) is 9.59 Å². The quantitative estimate of drug-likeness (QED) is 0.802.